The lowest BCUT2D eigenvalue weighted by atomic mass is 9.85. The molecule has 0 N–H and O–H groups in total. The molecular weight excluding hydrogens is 366 g/mol. The molecule has 0 spiro atoms. The number of cyclic esters (lactones) is 1. The molecule has 0 aliphatic carbocycles. The van der Waals surface area contributed by atoms with E-state index in [0.29, 0.717) is 17.9 Å². The third-order valence-corrected chi connectivity index (χ3v) is 6.36. The van der Waals surface area contributed by atoms with Crippen LogP contribution in [0.2, 0.25) is 0 Å². The van der Waals surface area contributed by atoms with Gasteiger partial charge in [-0.05, 0) is 44.4 Å². The molecular formula is C20H29NO5S. The monoisotopic (exact) mass is 395 g/mol. The first-order chi connectivity index (χ1) is 12.9. The molecule has 0 unspecified atom stereocenters. The minimum atomic E-state index is -1.12. The van der Waals surface area contributed by atoms with Crippen LogP contribution in [0.1, 0.15) is 33.6 Å². The van der Waals surface area contributed by atoms with E-state index in [4.69, 9.17) is 14.2 Å². The Labute approximate surface area is 165 Å². The molecule has 0 saturated carbocycles. The molecule has 3 rings (SSSR count). The second kappa shape index (κ2) is 8.37. The summed E-state index contributed by atoms with van der Waals surface area (Å²) >= 11 is 1.50. The molecule has 0 radical (unpaired) electrons. The van der Waals surface area contributed by atoms with E-state index in [0.717, 1.165) is 25.1 Å². The molecule has 150 valence electrons. The molecule has 4 atom stereocenters. The Morgan fingerprint density at radius 2 is 2.22 bits per heavy atom. The summed E-state index contributed by atoms with van der Waals surface area (Å²) in [6.07, 6.45) is 6.81. The van der Waals surface area contributed by atoms with Crippen LogP contribution in [0.4, 0.5) is 0 Å². The number of carbonyl (C=O) groups is 2. The first-order valence-corrected chi connectivity index (χ1v) is 10.9. The Balaban J connectivity index is 1.91. The van der Waals surface area contributed by atoms with Gasteiger partial charge in [0, 0.05) is 18.7 Å². The minimum Gasteiger partial charge on any atom is -0.459 e. The molecule has 6 nitrogen and oxygen atoms in total. The van der Waals surface area contributed by atoms with Gasteiger partial charge in [-0.3, -0.25) is 4.90 Å². The van der Waals surface area contributed by atoms with Crippen LogP contribution >= 0.6 is 11.8 Å². The summed E-state index contributed by atoms with van der Waals surface area (Å²) in [5.41, 5.74) is 0.475. The lowest BCUT2D eigenvalue weighted by Gasteiger charge is -2.34. The largest absolute Gasteiger partial charge is 0.459 e. The van der Waals surface area contributed by atoms with Crippen LogP contribution in [0.5, 0.6) is 0 Å². The zero-order chi connectivity index (χ0) is 19.6. The lowest BCUT2D eigenvalue weighted by Crippen LogP contribution is -2.47. The molecule has 0 amide bonds. The SMILES string of the molecule is C/C=C1\C[C@@H](C)[C@@](C)(OCSC)C(=O)OCC2=CCN3CC[C@@H](OC1=O)[C@@H]23. The van der Waals surface area contributed by atoms with E-state index in [1.807, 2.05) is 20.1 Å². The summed E-state index contributed by atoms with van der Waals surface area (Å²) in [5, 5.41) is 0. The van der Waals surface area contributed by atoms with Crippen LogP contribution in [-0.4, -0.2) is 66.5 Å². The van der Waals surface area contributed by atoms with Gasteiger partial charge in [0.05, 0.1) is 12.0 Å². The molecule has 7 heteroatoms. The van der Waals surface area contributed by atoms with E-state index in [9.17, 15) is 9.59 Å². The second-order valence-corrected chi connectivity index (χ2v) is 8.42. The average molecular weight is 396 g/mol. The van der Waals surface area contributed by atoms with E-state index >= 15 is 0 Å². The normalized spacial score (nSPS) is 36.5. The van der Waals surface area contributed by atoms with Gasteiger partial charge in [-0.1, -0.05) is 19.1 Å². The van der Waals surface area contributed by atoms with Gasteiger partial charge in [0.25, 0.3) is 0 Å². The van der Waals surface area contributed by atoms with Crippen molar-refractivity contribution in [1.82, 2.24) is 4.90 Å². The van der Waals surface area contributed by atoms with Crippen molar-refractivity contribution in [3.05, 3.63) is 23.3 Å². The molecule has 3 aliphatic rings. The summed E-state index contributed by atoms with van der Waals surface area (Å²) in [7, 11) is 0. The molecule has 0 bridgehead atoms. The Kier molecular flexibility index (Phi) is 6.33. The fourth-order valence-corrected chi connectivity index (χ4v) is 4.42. The molecule has 27 heavy (non-hydrogen) atoms. The van der Waals surface area contributed by atoms with Gasteiger partial charge in [0.1, 0.15) is 12.7 Å². The first-order valence-electron chi connectivity index (χ1n) is 9.50. The van der Waals surface area contributed by atoms with E-state index in [1.54, 1.807) is 13.0 Å². The highest BCUT2D eigenvalue weighted by Crippen LogP contribution is 2.35. The van der Waals surface area contributed by atoms with E-state index in [2.05, 4.69) is 11.0 Å². The highest BCUT2D eigenvalue weighted by atomic mass is 32.2. The summed E-state index contributed by atoms with van der Waals surface area (Å²) in [6, 6.07) is 0.00933. The number of rotatable bonds is 3. The van der Waals surface area contributed by atoms with Crippen molar-refractivity contribution < 1.29 is 23.8 Å². The molecule has 0 aromatic carbocycles. The van der Waals surface area contributed by atoms with Gasteiger partial charge in [-0.25, -0.2) is 9.59 Å². The third kappa shape index (κ3) is 3.96. The number of hydrogen-bond donors (Lipinski definition) is 0. The van der Waals surface area contributed by atoms with Crippen molar-refractivity contribution in [1.29, 1.82) is 0 Å². The van der Waals surface area contributed by atoms with Crippen LogP contribution in [0.3, 0.4) is 0 Å². The van der Waals surface area contributed by atoms with E-state index < -0.39 is 5.60 Å². The molecule has 2 saturated heterocycles. The summed E-state index contributed by atoms with van der Waals surface area (Å²) in [5.74, 6) is -0.512. The van der Waals surface area contributed by atoms with Crippen molar-refractivity contribution in [2.75, 3.05) is 31.9 Å². The predicted molar refractivity (Wildman–Crippen MR) is 104 cm³/mol. The minimum absolute atomic E-state index is 0.00933. The number of allylic oxidation sites excluding steroid dienone is 1. The molecule has 0 aromatic rings. The maximum absolute atomic E-state index is 13.0. The Morgan fingerprint density at radius 1 is 1.44 bits per heavy atom. The molecule has 2 fully saturated rings. The number of thioether (sulfide) groups is 1. The topological polar surface area (TPSA) is 65.1 Å². The van der Waals surface area contributed by atoms with Gasteiger partial charge < -0.3 is 14.2 Å². The van der Waals surface area contributed by atoms with Gasteiger partial charge >= 0.3 is 11.9 Å². The highest BCUT2D eigenvalue weighted by molar-refractivity contribution is 7.98. The first kappa shape index (κ1) is 20.4. The van der Waals surface area contributed by atoms with Crippen LogP contribution in [0, 0.1) is 5.92 Å². The number of esters is 2. The molecule has 3 heterocycles. The van der Waals surface area contributed by atoms with Crippen molar-refractivity contribution in [2.24, 2.45) is 5.92 Å². The third-order valence-electron chi connectivity index (χ3n) is 6.00. The van der Waals surface area contributed by atoms with E-state index in [1.165, 1.54) is 11.8 Å². The zero-order valence-corrected chi connectivity index (χ0v) is 17.3. The van der Waals surface area contributed by atoms with Crippen molar-refractivity contribution in [3.8, 4) is 0 Å². The average Bonchev–Trinajstić information content (AvgIpc) is 3.24. The number of hydrogen-bond acceptors (Lipinski definition) is 7. The lowest BCUT2D eigenvalue weighted by molar-refractivity contribution is -0.174. The zero-order valence-electron chi connectivity index (χ0n) is 16.5. The Hall–Kier alpha value is -1.31. The van der Waals surface area contributed by atoms with Gasteiger partial charge in [-0.2, -0.15) is 0 Å². The quantitative estimate of drug-likeness (QED) is 0.315. The number of nitrogens with zero attached hydrogens (tertiary/aromatic N) is 1. The predicted octanol–water partition coefficient (Wildman–Crippen LogP) is 2.54. The number of carbonyl (C=O) groups excluding carboxylic acids is 2. The fourth-order valence-electron chi connectivity index (χ4n) is 4.06. The van der Waals surface area contributed by atoms with Crippen LogP contribution in [0.25, 0.3) is 0 Å². The van der Waals surface area contributed by atoms with Gasteiger partial charge in [0.15, 0.2) is 5.60 Å². The second-order valence-electron chi connectivity index (χ2n) is 7.60. The smallest absolute Gasteiger partial charge is 0.338 e. The number of ether oxygens (including phenoxy) is 3. The summed E-state index contributed by atoms with van der Waals surface area (Å²) in [6.45, 7) is 7.41. The van der Waals surface area contributed by atoms with Crippen LogP contribution < -0.4 is 0 Å². The van der Waals surface area contributed by atoms with Crippen molar-refractivity contribution in [2.45, 2.75) is 51.4 Å². The standard InChI is InChI=1S/C20H29NO5S/c1-5-14-10-13(2)20(3,25-12-27-4)19(23)24-11-15-6-8-21-9-7-16(17(15)21)26-18(14)22/h5-6,13,16-17H,7-12H2,1-4H3/b14-5+/t13-,16-,17-,20-/m1/s1. The fraction of sp³-hybridized carbons (Fsp3) is 0.700. The van der Waals surface area contributed by atoms with Gasteiger partial charge in [0.2, 0.25) is 0 Å². The van der Waals surface area contributed by atoms with Crippen LogP contribution in [0.15, 0.2) is 23.3 Å². The maximum Gasteiger partial charge on any atom is 0.338 e. The van der Waals surface area contributed by atoms with Crippen molar-refractivity contribution >= 4 is 23.7 Å². The highest BCUT2D eigenvalue weighted by Gasteiger charge is 2.46. The summed E-state index contributed by atoms with van der Waals surface area (Å²) < 4.78 is 17.5. The van der Waals surface area contributed by atoms with Gasteiger partial charge in [-0.15, -0.1) is 11.8 Å². The molecule has 0 aromatic heterocycles. The molecule has 3 aliphatic heterocycles. The Morgan fingerprint density at radius 3 is 2.93 bits per heavy atom. The maximum atomic E-state index is 13.0. The van der Waals surface area contributed by atoms with Crippen LogP contribution in [-0.2, 0) is 23.8 Å². The summed E-state index contributed by atoms with van der Waals surface area (Å²) in [4.78, 5) is 28.1. The Bertz CT molecular complexity index is 661. The van der Waals surface area contributed by atoms with Crippen molar-refractivity contribution in [3.63, 3.8) is 0 Å². The van der Waals surface area contributed by atoms with E-state index in [-0.39, 0.29) is 36.6 Å².